The maximum absolute atomic E-state index is 12.7. The molecule has 30 heavy (non-hydrogen) atoms. The Balaban J connectivity index is 1.45. The number of methoxy groups -OCH3 is 1. The Bertz CT molecular complexity index is 1130. The van der Waals surface area contributed by atoms with Crippen molar-refractivity contribution in [2.45, 2.75) is 16.5 Å². The Labute approximate surface area is 180 Å². The molecule has 1 saturated heterocycles. The molecule has 0 unspecified atom stereocenters. The lowest BCUT2D eigenvalue weighted by Gasteiger charge is -2.09. The van der Waals surface area contributed by atoms with E-state index in [0.717, 1.165) is 21.6 Å². The van der Waals surface area contributed by atoms with Crippen molar-refractivity contribution in [2.24, 2.45) is 0 Å². The minimum atomic E-state index is -0.628. The molecule has 0 radical (unpaired) electrons. The van der Waals surface area contributed by atoms with Crippen LogP contribution in [0.25, 0.3) is 6.08 Å². The zero-order chi connectivity index (χ0) is 21.1. The third-order valence-corrected chi connectivity index (χ3v) is 5.91. The fraction of sp³-hybridized carbons (Fsp3) is 0.0952. The summed E-state index contributed by atoms with van der Waals surface area (Å²) in [5.74, 6) is -0.288. The number of carbonyl (C=O) groups is 3. The number of carbonyl (C=O) groups excluding carboxylic acids is 3. The normalized spacial score (nSPS) is 15.2. The van der Waals surface area contributed by atoms with Crippen LogP contribution in [0.4, 0.5) is 4.79 Å². The van der Waals surface area contributed by atoms with Gasteiger partial charge in [-0.1, -0.05) is 30.0 Å². The molecule has 3 heterocycles. The second kappa shape index (κ2) is 8.68. The van der Waals surface area contributed by atoms with Crippen molar-refractivity contribution < 1.29 is 28.0 Å². The first-order valence-corrected chi connectivity index (χ1v) is 10.4. The van der Waals surface area contributed by atoms with Crippen molar-refractivity contribution >= 4 is 46.7 Å². The highest BCUT2D eigenvalue weighted by Crippen LogP contribution is 2.35. The van der Waals surface area contributed by atoms with Gasteiger partial charge in [0, 0.05) is 11.0 Å². The summed E-state index contributed by atoms with van der Waals surface area (Å²) in [6, 6.07) is 16.3. The zero-order valence-electron chi connectivity index (χ0n) is 15.7. The molecule has 7 nitrogen and oxygen atoms in total. The molecule has 0 spiro atoms. The van der Waals surface area contributed by atoms with E-state index in [1.807, 2.05) is 36.4 Å². The molecule has 2 aromatic heterocycles. The standard InChI is InChI=1S/C21H15NO6S2/c1-26-20(24)16-9-7-14(27-16)12-22-19(23)17(30-21(22)25)11-13-8-10-18(28-13)29-15-5-3-2-4-6-15/h2-11H,12H2,1H3/b17-11+. The van der Waals surface area contributed by atoms with E-state index in [1.54, 1.807) is 12.1 Å². The van der Waals surface area contributed by atoms with Crippen LogP contribution in [0, 0.1) is 0 Å². The number of benzene rings is 1. The number of nitrogens with zero attached hydrogens (tertiary/aromatic N) is 1. The van der Waals surface area contributed by atoms with Crippen LogP contribution in [-0.4, -0.2) is 29.1 Å². The summed E-state index contributed by atoms with van der Waals surface area (Å²) in [4.78, 5) is 38.8. The van der Waals surface area contributed by atoms with E-state index in [1.165, 1.54) is 31.0 Å². The van der Waals surface area contributed by atoms with Crippen LogP contribution in [0.5, 0.6) is 0 Å². The number of imide groups is 1. The molecule has 3 aromatic rings. The van der Waals surface area contributed by atoms with E-state index >= 15 is 0 Å². The van der Waals surface area contributed by atoms with E-state index in [0.29, 0.717) is 16.6 Å². The fourth-order valence-electron chi connectivity index (χ4n) is 2.67. The summed E-state index contributed by atoms with van der Waals surface area (Å²) in [6.45, 7) is -0.0771. The molecule has 0 aliphatic carbocycles. The van der Waals surface area contributed by atoms with Crippen molar-refractivity contribution in [3.05, 3.63) is 76.8 Å². The predicted octanol–water partition coefficient (Wildman–Crippen LogP) is 5.05. The lowest BCUT2D eigenvalue weighted by atomic mass is 10.3. The monoisotopic (exact) mass is 441 g/mol. The molecule has 0 saturated carbocycles. The third kappa shape index (κ3) is 4.37. The Morgan fingerprint density at radius 3 is 2.67 bits per heavy atom. The van der Waals surface area contributed by atoms with Crippen molar-refractivity contribution in [1.29, 1.82) is 0 Å². The molecular weight excluding hydrogens is 426 g/mol. The highest BCUT2D eigenvalue weighted by Gasteiger charge is 2.36. The Morgan fingerprint density at radius 2 is 1.90 bits per heavy atom. The van der Waals surface area contributed by atoms with E-state index in [2.05, 4.69) is 4.74 Å². The lowest BCUT2D eigenvalue weighted by molar-refractivity contribution is -0.123. The molecule has 2 amide bonds. The van der Waals surface area contributed by atoms with Gasteiger partial charge in [0.15, 0.2) is 5.09 Å². The van der Waals surface area contributed by atoms with Crippen LogP contribution >= 0.6 is 23.5 Å². The maximum Gasteiger partial charge on any atom is 0.373 e. The van der Waals surface area contributed by atoms with E-state index < -0.39 is 17.1 Å². The zero-order valence-corrected chi connectivity index (χ0v) is 17.3. The van der Waals surface area contributed by atoms with Gasteiger partial charge in [-0.25, -0.2) is 4.79 Å². The van der Waals surface area contributed by atoms with Gasteiger partial charge in [0.2, 0.25) is 5.76 Å². The van der Waals surface area contributed by atoms with Crippen LogP contribution in [-0.2, 0) is 16.1 Å². The molecule has 0 bridgehead atoms. The number of rotatable bonds is 6. The van der Waals surface area contributed by atoms with Crippen LogP contribution in [0.3, 0.4) is 0 Å². The molecule has 1 fully saturated rings. The number of hydrogen-bond donors (Lipinski definition) is 0. The number of thioether (sulfide) groups is 1. The smallest absolute Gasteiger partial charge is 0.373 e. The predicted molar refractivity (Wildman–Crippen MR) is 111 cm³/mol. The molecule has 4 rings (SSSR count). The Kier molecular flexibility index (Phi) is 5.82. The fourth-order valence-corrected chi connectivity index (χ4v) is 4.28. The van der Waals surface area contributed by atoms with E-state index in [9.17, 15) is 14.4 Å². The second-order valence-corrected chi connectivity index (χ2v) is 8.17. The Hall–Kier alpha value is -3.17. The molecule has 1 aliphatic heterocycles. The Morgan fingerprint density at radius 1 is 1.10 bits per heavy atom. The number of esters is 1. The third-order valence-electron chi connectivity index (χ3n) is 4.07. The summed E-state index contributed by atoms with van der Waals surface area (Å²) in [5, 5.41) is 0.255. The van der Waals surface area contributed by atoms with Crippen LogP contribution < -0.4 is 0 Å². The van der Waals surface area contributed by atoms with Gasteiger partial charge >= 0.3 is 5.97 Å². The molecule has 1 aromatic carbocycles. The van der Waals surface area contributed by atoms with Gasteiger partial charge < -0.3 is 13.6 Å². The molecule has 9 heteroatoms. The van der Waals surface area contributed by atoms with Gasteiger partial charge in [-0.15, -0.1) is 0 Å². The summed E-state index contributed by atoms with van der Waals surface area (Å²) in [7, 11) is 1.24. The van der Waals surface area contributed by atoms with Gasteiger partial charge in [0.25, 0.3) is 11.1 Å². The first-order valence-electron chi connectivity index (χ1n) is 8.78. The molecule has 152 valence electrons. The average Bonchev–Trinajstić information content (AvgIpc) is 3.46. The minimum Gasteiger partial charge on any atom is -0.463 e. The largest absolute Gasteiger partial charge is 0.463 e. The molecule has 0 atom stereocenters. The van der Waals surface area contributed by atoms with Crippen LogP contribution in [0.2, 0.25) is 0 Å². The average molecular weight is 441 g/mol. The molecule has 1 aliphatic rings. The highest BCUT2D eigenvalue weighted by atomic mass is 32.2. The highest BCUT2D eigenvalue weighted by molar-refractivity contribution is 8.18. The number of furan rings is 2. The number of hydrogen-bond acceptors (Lipinski definition) is 8. The van der Waals surface area contributed by atoms with E-state index in [-0.39, 0.29) is 17.2 Å². The SMILES string of the molecule is COC(=O)c1ccc(CN2C(=O)S/C(=C/c3ccc(Sc4ccccc4)o3)C2=O)o1. The van der Waals surface area contributed by atoms with Crippen molar-refractivity contribution in [1.82, 2.24) is 4.90 Å². The summed E-state index contributed by atoms with van der Waals surface area (Å²) in [5.41, 5.74) is 0. The molecule has 0 N–H and O–H groups in total. The van der Waals surface area contributed by atoms with Crippen LogP contribution in [0.1, 0.15) is 22.1 Å². The van der Waals surface area contributed by atoms with Gasteiger partial charge in [-0.2, -0.15) is 0 Å². The van der Waals surface area contributed by atoms with Gasteiger partial charge in [-0.05, 0) is 48.2 Å². The van der Waals surface area contributed by atoms with Crippen molar-refractivity contribution in [2.75, 3.05) is 7.11 Å². The number of ether oxygens (including phenoxy) is 1. The van der Waals surface area contributed by atoms with Crippen molar-refractivity contribution in [3.63, 3.8) is 0 Å². The number of amides is 2. The van der Waals surface area contributed by atoms with Gasteiger partial charge in [0.1, 0.15) is 11.5 Å². The topological polar surface area (TPSA) is 90.0 Å². The first-order chi connectivity index (χ1) is 14.5. The summed E-state index contributed by atoms with van der Waals surface area (Å²) in [6.07, 6.45) is 1.54. The second-order valence-electron chi connectivity index (χ2n) is 6.10. The summed E-state index contributed by atoms with van der Waals surface area (Å²) >= 11 is 2.29. The first kappa shape index (κ1) is 20.1. The van der Waals surface area contributed by atoms with Crippen LogP contribution in [0.15, 0.2) is 78.3 Å². The lowest BCUT2D eigenvalue weighted by Crippen LogP contribution is -2.27. The quantitative estimate of drug-likeness (QED) is 0.388. The van der Waals surface area contributed by atoms with Gasteiger partial charge in [0.05, 0.1) is 18.6 Å². The van der Waals surface area contributed by atoms with Crippen molar-refractivity contribution in [3.8, 4) is 0 Å². The maximum atomic E-state index is 12.7. The summed E-state index contributed by atoms with van der Waals surface area (Å²) < 4.78 is 15.7. The van der Waals surface area contributed by atoms with Gasteiger partial charge in [-0.3, -0.25) is 14.5 Å². The minimum absolute atomic E-state index is 0.00837. The van der Waals surface area contributed by atoms with E-state index in [4.69, 9.17) is 8.83 Å². The molecular formula is C21H15NO6S2.